The van der Waals surface area contributed by atoms with E-state index in [1.807, 2.05) is 0 Å². The number of alkyl halides is 3. The van der Waals surface area contributed by atoms with Crippen LogP contribution in [-0.4, -0.2) is 29.3 Å². The number of rotatable bonds is 7. The van der Waals surface area contributed by atoms with Gasteiger partial charge in [0.25, 0.3) is 0 Å². The topological polar surface area (TPSA) is 88.0 Å². The Morgan fingerprint density at radius 3 is 2.50 bits per heavy atom. The number of hydrogen-bond acceptors (Lipinski definition) is 4. The quantitative estimate of drug-likeness (QED) is 0.557. The molecule has 0 fully saturated rings. The van der Waals surface area contributed by atoms with E-state index in [1.165, 1.54) is 25.3 Å². The lowest BCUT2D eigenvalue weighted by Crippen LogP contribution is -2.22. The minimum Gasteiger partial charge on any atom is -0.479 e. The highest BCUT2D eigenvalue weighted by atomic mass is 19.4. The molecule has 28 heavy (non-hydrogen) atoms. The summed E-state index contributed by atoms with van der Waals surface area (Å²) in [5, 5.41) is 12.5. The van der Waals surface area contributed by atoms with Crippen LogP contribution in [0.3, 0.4) is 0 Å². The highest BCUT2D eigenvalue weighted by molar-refractivity contribution is 5.83. The third-order valence-corrected chi connectivity index (χ3v) is 3.56. The molecule has 0 aliphatic carbocycles. The Morgan fingerprint density at radius 1 is 1.21 bits per heavy atom. The molecule has 2 aromatic carbocycles. The molecule has 0 saturated carbocycles. The van der Waals surface area contributed by atoms with Gasteiger partial charge in [-0.15, -0.1) is 0 Å². The second kappa shape index (κ2) is 9.03. The molecule has 9 heteroatoms. The molecule has 0 radical (unpaired) electrons. The van der Waals surface area contributed by atoms with Gasteiger partial charge < -0.3 is 9.84 Å². The first kappa shape index (κ1) is 20.9. The molecule has 0 heterocycles. The van der Waals surface area contributed by atoms with Gasteiger partial charge in [0.1, 0.15) is 5.75 Å². The van der Waals surface area contributed by atoms with E-state index >= 15 is 0 Å². The maximum atomic E-state index is 12.7. The van der Waals surface area contributed by atoms with Gasteiger partial charge in [-0.1, -0.05) is 18.2 Å². The van der Waals surface area contributed by atoms with Crippen LogP contribution in [0.1, 0.15) is 23.6 Å². The molecule has 0 spiro atoms. The summed E-state index contributed by atoms with van der Waals surface area (Å²) >= 11 is 0. The van der Waals surface area contributed by atoms with Crippen molar-refractivity contribution in [3.05, 3.63) is 65.2 Å². The first-order chi connectivity index (χ1) is 13.1. The molecular formula is C19H17F3N2O4. The van der Waals surface area contributed by atoms with E-state index in [4.69, 9.17) is 9.84 Å². The van der Waals surface area contributed by atoms with Gasteiger partial charge in [0.05, 0.1) is 18.2 Å². The molecule has 148 valence electrons. The minimum atomic E-state index is -4.47. The van der Waals surface area contributed by atoms with E-state index in [1.54, 1.807) is 24.3 Å². The van der Waals surface area contributed by atoms with Crippen LogP contribution in [0.25, 0.3) is 0 Å². The predicted molar refractivity (Wildman–Crippen MR) is 95.1 cm³/mol. The number of carbonyl (C=O) groups excluding carboxylic acids is 1. The van der Waals surface area contributed by atoms with Crippen molar-refractivity contribution in [2.24, 2.45) is 5.10 Å². The Hall–Kier alpha value is -3.36. The van der Waals surface area contributed by atoms with Gasteiger partial charge >= 0.3 is 12.1 Å². The third kappa shape index (κ3) is 6.42. The van der Waals surface area contributed by atoms with Crippen LogP contribution in [0, 0.1) is 0 Å². The fourth-order valence-electron chi connectivity index (χ4n) is 2.15. The number of halogens is 3. The number of aliphatic carboxylic acids is 1. The summed E-state index contributed by atoms with van der Waals surface area (Å²) in [6, 6.07) is 10.8. The number of hydrogen-bond donors (Lipinski definition) is 2. The molecule has 1 atom stereocenters. The zero-order chi connectivity index (χ0) is 20.7. The normalized spacial score (nSPS) is 12.6. The van der Waals surface area contributed by atoms with Crippen LogP contribution >= 0.6 is 0 Å². The van der Waals surface area contributed by atoms with E-state index in [2.05, 4.69) is 10.5 Å². The Balaban J connectivity index is 1.89. The van der Waals surface area contributed by atoms with Crippen molar-refractivity contribution in [1.82, 2.24) is 5.43 Å². The van der Waals surface area contributed by atoms with Gasteiger partial charge in [0, 0.05) is 0 Å². The molecule has 0 saturated heterocycles. The van der Waals surface area contributed by atoms with Crippen LogP contribution < -0.4 is 10.2 Å². The van der Waals surface area contributed by atoms with Gasteiger partial charge in [-0.2, -0.15) is 18.3 Å². The summed E-state index contributed by atoms with van der Waals surface area (Å²) in [4.78, 5) is 22.6. The van der Waals surface area contributed by atoms with Gasteiger partial charge in [0.15, 0.2) is 6.10 Å². The molecule has 0 aliphatic heterocycles. The molecule has 0 bridgehead atoms. The van der Waals surface area contributed by atoms with Gasteiger partial charge in [0.2, 0.25) is 5.91 Å². The predicted octanol–water partition coefficient (Wildman–Crippen LogP) is 3.25. The zero-order valence-electron chi connectivity index (χ0n) is 14.7. The molecule has 6 nitrogen and oxygen atoms in total. The second-order valence-electron chi connectivity index (χ2n) is 5.84. The largest absolute Gasteiger partial charge is 0.479 e. The number of ether oxygens (including phenoxy) is 1. The Morgan fingerprint density at radius 2 is 1.89 bits per heavy atom. The van der Waals surface area contributed by atoms with E-state index < -0.39 is 29.7 Å². The second-order valence-corrected chi connectivity index (χ2v) is 5.84. The first-order valence-corrected chi connectivity index (χ1v) is 8.12. The van der Waals surface area contributed by atoms with Crippen LogP contribution in [0.15, 0.2) is 53.6 Å². The van der Waals surface area contributed by atoms with Crippen LogP contribution in [0.5, 0.6) is 5.75 Å². The average molecular weight is 394 g/mol. The Kier molecular flexibility index (Phi) is 6.75. The van der Waals surface area contributed by atoms with Gasteiger partial charge in [-0.25, -0.2) is 10.2 Å². The van der Waals surface area contributed by atoms with E-state index in [0.717, 1.165) is 12.1 Å². The SMILES string of the molecule is C[C@@H](Oc1ccc(/C=N/NC(=O)Cc2cccc(C(F)(F)F)c2)cc1)C(=O)O. The Labute approximate surface area is 158 Å². The summed E-state index contributed by atoms with van der Waals surface area (Å²) in [5.74, 6) is -1.29. The molecule has 2 rings (SSSR count). The highest BCUT2D eigenvalue weighted by Gasteiger charge is 2.30. The molecule has 0 aliphatic rings. The highest BCUT2D eigenvalue weighted by Crippen LogP contribution is 2.29. The number of nitrogens with zero attached hydrogens (tertiary/aromatic N) is 1. The fraction of sp³-hybridized carbons (Fsp3) is 0.211. The number of carboxylic acid groups (broad SMARTS) is 1. The zero-order valence-corrected chi connectivity index (χ0v) is 14.7. The summed E-state index contributed by atoms with van der Waals surface area (Å²) in [5.41, 5.74) is 2.25. The molecule has 1 amide bonds. The maximum absolute atomic E-state index is 12.7. The third-order valence-electron chi connectivity index (χ3n) is 3.56. The first-order valence-electron chi connectivity index (χ1n) is 8.12. The van der Waals surface area contributed by atoms with E-state index in [0.29, 0.717) is 11.3 Å². The van der Waals surface area contributed by atoms with Crippen molar-refractivity contribution in [1.29, 1.82) is 0 Å². The number of benzene rings is 2. The van der Waals surface area contributed by atoms with E-state index in [-0.39, 0.29) is 12.0 Å². The van der Waals surface area contributed by atoms with Crippen molar-refractivity contribution in [3.8, 4) is 5.75 Å². The molecular weight excluding hydrogens is 377 g/mol. The van der Waals surface area contributed by atoms with Crippen LogP contribution in [0.4, 0.5) is 13.2 Å². The lowest BCUT2D eigenvalue weighted by Gasteiger charge is -2.10. The summed E-state index contributed by atoms with van der Waals surface area (Å²) in [6.45, 7) is 1.40. The number of carbonyl (C=O) groups is 2. The number of nitrogens with one attached hydrogen (secondary N) is 1. The average Bonchev–Trinajstić information content (AvgIpc) is 2.62. The number of carboxylic acids is 1. The fourth-order valence-corrected chi connectivity index (χ4v) is 2.15. The van der Waals surface area contributed by atoms with Crippen LogP contribution in [0.2, 0.25) is 0 Å². The van der Waals surface area contributed by atoms with Crippen molar-refractivity contribution in [2.75, 3.05) is 0 Å². The summed E-state index contributed by atoms with van der Waals surface area (Å²) < 4.78 is 43.2. The Bertz CT molecular complexity index is 864. The maximum Gasteiger partial charge on any atom is 0.416 e. The smallest absolute Gasteiger partial charge is 0.416 e. The minimum absolute atomic E-state index is 0.219. The lowest BCUT2D eigenvalue weighted by molar-refractivity contribution is -0.144. The monoisotopic (exact) mass is 394 g/mol. The van der Waals surface area contributed by atoms with Crippen LogP contribution in [-0.2, 0) is 22.2 Å². The van der Waals surface area contributed by atoms with Crippen molar-refractivity contribution in [2.45, 2.75) is 25.6 Å². The summed E-state index contributed by atoms with van der Waals surface area (Å²) in [7, 11) is 0. The van der Waals surface area contributed by atoms with Crippen molar-refractivity contribution < 1.29 is 32.6 Å². The van der Waals surface area contributed by atoms with Gasteiger partial charge in [-0.3, -0.25) is 4.79 Å². The van der Waals surface area contributed by atoms with Crippen molar-refractivity contribution >= 4 is 18.1 Å². The van der Waals surface area contributed by atoms with Gasteiger partial charge in [-0.05, 0) is 48.4 Å². The van der Waals surface area contributed by atoms with Crippen molar-refractivity contribution in [3.63, 3.8) is 0 Å². The standard InChI is InChI=1S/C19H17F3N2O4/c1-12(18(26)27)28-16-7-5-13(6-8-16)11-23-24-17(25)10-14-3-2-4-15(9-14)19(20,21)22/h2-9,11-12H,10H2,1H3,(H,24,25)(H,26,27)/b23-11+/t12-/m1/s1. The molecule has 0 unspecified atom stereocenters. The number of hydrazone groups is 1. The van der Waals surface area contributed by atoms with E-state index in [9.17, 15) is 22.8 Å². The lowest BCUT2D eigenvalue weighted by atomic mass is 10.1. The summed E-state index contributed by atoms with van der Waals surface area (Å²) in [6.07, 6.45) is -4.37. The molecule has 2 aromatic rings. The molecule has 2 N–H and O–H groups in total. The molecule has 0 aromatic heterocycles. The number of amides is 1.